The zero-order chi connectivity index (χ0) is 15.4. The van der Waals surface area contributed by atoms with Crippen LogP contribution in [0.2, 0.25) is 0 Å². The Labute approximate surface area is 123 Å². The molecule has 1 aromatic carbocycles. The molecule has 5 nitrogen and oxygen atoms in total. The van der Waals surface area contributed by atoms with Gasteiger partial charge in [-0.2, -0.15) is 0 Å². The van der Waals surface area contributed by atoms with Crippen molar-refractivity contribution in [3.8, 4) is 0 Å². The highest BCUT2D eigenvalue weighted by Gasteiger charge is 2.21. The third-order valence-electron chi connectivity index (χ3n) is 3.57. The Morgan fingerprint density at radius 2 is 2.14 bits per heavy atom. The Kier molecular flexibility index (Phi) is 4.77. The molecule has 0 bridgehead atoms. The third kappa shape index (κ3) is 3.71. The van der Waals surface area contributed by atoms with E-state index in [0.29, 0.717) is 12.2 Å². The van der Waals surface area contributed by atoms with E-state index < -0.39 is 6.03 Å². The largest absolute Gasteiger partial charge is 0.368 e. The van der Waals surface area contributed by atoms with Crippen LogP contribution in [0.5, 0.6) is 0 Å². The van der Waals surface area contributed by atoms with Crippen LogP contribution in [0.3, 0.4) is 0 Å². The molecule has 21 heavy (non-hydrogen) atoms. The lowest BCUT2D eigenvalue weighted by atomic mass is 9.99. The average Bonchev–Trinajstić information content (AvgIpc) is 2.44. The van der Waals surface area contributed by atoms with Crippen molar-refractivity contribution in [2.45, 2.75) is 26.2 Å². The van der Waals surface area contributed by atoms with Gasteiger partial charge in [0.1, 0.15) is 5.82 Å². The molecular formula is C15H20FN3O2. The van der Waals surface area contributed by atoms with Gasteiger partial charge in [0.05, 0.1) is 5.69 Å². The lowest BCUT2D eigenvalue weighted by Crippen LogP contribution is -2.40. The molecule has 0 atom stereocenters. The quantitative estimate of drug-likeness (QED) is 0.892. The van der Waals surface area contributed by atoms with Crippen LogP contribution < -0.4 is 15.5 Å². The van der Waals surface area contributed by atoms with E-state index in [1.165, 1.54) is 13.1 Å². The first-order valence-corrected chi connectivity index (χ1v) is 7.07. The number of urea groups is 1. The zero-order valence-electron chi connectivity index (χ0n) is 12.3. The lowest BCUT2D eigenvalue weighted by molar-refractivity contribution is -0.119. The second-order valence-electron chi connectivity index (χ2n) is 5.22. The maximum absolute atomic E-state index is 14.2. The van der Waals surface area contributed by atoms with Crippen LogP contribution in [0.1, 0.15) is 24.0 Å². The molecule has 0 radical (unpaired) electrons. The molecule has 0 aromatic heterocycles. The Balaban J connectivity index is 2.04. The summed E-state index contributed by atoms with van der Waals surface area (Å²) in [6.45, 7) is 3.00. The van der Waals surface area contributed by atoms with Crippen LogP contribution in [0.15, 0.2) is 12.1 Å². The normalized spacial score (nSPS) is 13.6. The first-order chi connectivity index (χ1) is 10.0. The third-order valence-corrected chi connectivity index (χ3v) is 3.57. The van der Waals surface area contributed by atoms with Gasteiger partial charge in [0, 0.05) is 26.6 Å². The molecule has 2 N–H and O–H groups in total. The molecule has 1 aromatic rings. The monoisotopic (exact) mass is 293 g/mol. The van der Waals surface area contributed by atoms with E-state index in [-0.39, 0.29) is 18.1 Å². The van der Waals surface area contributed by atoms with Crippen LogP contribution in [-0.2, 0) is 11.2 Å². The number of nitrogens with one attached hydrogen (secondary N) is 2. The van der Waals surface area contributed by atoms with Gasteiger partial charge in [-0.15, -0.1) is 0 Å². The van der Waals surface area contributed by atoms with Gasteiger partial charge >= 0.3 is 6.03 Å². The fraction of sp³-hybridized carbons (Fsp3) is 0.467. The number of fused-ring (bicyclic) bond motifs is 1. The summed E-state index contributed by atoms with van der Waals surface area (Å²) in [4.78, 5) is 24.5. The molecule has 0 saturated heterocycles. The van der Waals surface area contributed by atoms with Crippen molar-refractivity contribution < 1.29 is 14.0 Å². The van der Waals surface area contributed by atoms with E-state index in [9.17, 15) is 14.0 Å². The highest BCUT2D eigenvalue weighted by Crippen LogP contribution is 2.31. The van der Waals surface area contributed by atoms with Gasteiger partial charge in [0.2, 0.25) is 5.91 Å². The van der Waals surface area contributed by atoms with Crippen molar-refractivity contribution in [1.29, 1.82) is 0 Å². The number of halogens is 1. The van der Waals surface area contributed by atoms with Crippen LogP contribution in [0.25, 0.3) is 0 Å². The van der Waals surface area contributed by atoms with Gasteiger partial charge < -0.3 is 10.2 Å². The number of aryl methyl sites for hydroxylation is 2. The van der Waals surface area contributed by atoms with E-state index in [1.54, 1.807) is 0 Å². The number of rotatable bonds is 3. The van der Waals surface area contributed by atoms with E-state index in [4.69, 9.17) is 0 Å². The molecule has 1 aliphatic heterocycles. The molecule has 1 heterocycles. The minimum Gasteiger partial charge on any atom is -0.368 e. The van der Waals surface area contributed by atoms with Gasteiger partial charge in [0.15, 0.2) is 0 Å². The van der Waals surface area contributed by atoms with Gasteiger partial charge in [-0.3, -0.25) is 10.1 Å². The number of carbonyl (C=O) groups is 2. The predicted molar refractivity (Wildman–Crippen MR) is 78.9 cm³/mol. The Morgan fingerprint density at radius 1 is 1.38 bits per heavy atom. The second-order valence-corrected chi connectivity index (χ2v) is 5.22. The molecule has 0 spiro atoms. The number of amides is 3. The summed E-state index contributed by atoms with van der Waals surface area (Å²) in [7, 11) is 1.45. The smallest absolute Gasteiger partial charge is 0.321 e. The number of anilines is 1. The fourth-order valence-corrected chi connectivity index (χ4v) is 2.64. The molecule has 0 saturated carbocycles. The summed E-state index contributed by atoms with van der Waals surface area (Å²) < 4.78 is 14.2. The first-order valence-electron chi connectivity index (χ1n) is 7.07. The number of carbonyl (C=O) groups excluding carboxylic acids is 2. The molecule has 6 heteroatoms. The van der Waals surface area contributed by atoms with Gasteiger partial charge in [-0.1, -0.05) is 6.07 Å². The van der Waals surface area contributed by atoms with Crippen LogP contribution >= 0.6 is 0 Å². The maximum Gasteiger partial charge on any atom is 0.321 e. The fourth-order valence-electron chi connectivity index (χ4n) is 2.64. The first kappa shape index (κ1) is 15.3. The lowest BCUT2D eigenvalue weighted by Gasteiger charge is -2.31. The zero-order valence-corrected chi connectivity index (χ0v) is 12.3. The number of benzene rings is 1. The Morgan fingerprint density at radius 3 is 2.86 bits per heavy atom. The molecule has 1 aliphatic rings. The van der Waals surface area contributed by atoms with Crippen LogP contribution in [0, 0.1) is 12.7 Å². The highest BCUT2D eigenvalue weighted by molar-refractivity contribution is 5.94. The predicted octanol–water partition coefficient (Wildman–Crippen LogP) is 1.73. The summed E-state index contributed by atoms with van der Waals surface area (Å²) in [5.74, 6) is -0.606. The van der Waals surface area contributed by atoms with Gasteiger partial charge in [-0.05, 0) is 37.0 Å². The average molecular weight is 293 g/mol. The standard InChI is InChI=1S/C15H20FN3O2/c1-10-8-11-4-3-6-19(14(11)12(16)9-10)7-5-13(20)18-15(21)17-2/h8-9H,3-7H2,1-2H3,(H2,17,18,20,21). The van der Waals surface area contributed by atoms with Crippen molar-refractivity contribution in [2.75, 3.05) is 25.0 Å². The number of imide groups is 1. The van der Waals surface area contributed by atoms with Crippen LogP contribution in [-0.4, -0.2) is 32.1 Å². The summed E-state index contributed by atoms with van der Waals surface area (Å²) in [6, 6.07) is 2.98. The Bertz CT molecular complexity index is 560. The van der Waals surface area contributed by atoms with Crippen molar-refractivity contribution in [1.82, 2.24) is 10.6 Å². The van der Waals surface area contributed by atoms with E-state index >= 15 is 0 Å². The van der Waals surface area contributed by atoms with Crippen molar-refractivity contribution >= 4 is 17.6 Å². The molecule has 2 rings (SSSR count). The molecule has 0 aliphatic carbocycles. The SMILES string of the molecule is CNC(=O)NC(=O)CCN1CCCc2cc(C)cc(F)c21. The summed E-state index contributed by atoms with van der Waals surface area (Å²) in [5.41, 5.74) is 2.50. The van der Waals surface area contributed by atoms with Gasteiger partial charge in [-0.25, -0.2) is 9.18 Å². The van der Waals surface area contributed by atoms with Crippen molar-refractivity contribution in [3.05, 3.63) is 29.1 Å². The number of hydrogen-bond donors (Lipinski definition) is 2. The summed E-state index contributed by atoms with van der Waals surface area (Å²) in [5, 5.41) is 4.53. The maximum atomic E-state index is 14.2. The van der Waals surface area contributed by atoms with E-state index in [1.807, 2.05) is 17.9 Å². The summed E-state index contributed by atoms with van der Waals surface area (Å²) in [6.07, 6.45) is 1.95. The number of hydrogen-bond acceptors (Lipinski definition) is 3. The highest BCUT2D eigenvalue weighted by atomic mass is 19.1. The second kappa shape index (κ2) is 6.56. The van der Waals surface area contributed by atoms with E-state index in [0.717, 1.165) is 30.5 Å². The molecular weight excluding hydrogens is 273 g/mol. The molecule has 0 unspecified atom stereocenters. The van der Waals surface area contributed by atoms with Crippen molar-refractivity contribution in [2.24, 2.45) is 0 Å². The van der Waals surface area contributed by atoms with Crippen molar-refractivity contribution in [3.63, 3.8) is 0 Å². The molecule has 3 amide bonds. The van der Waals surface area contributed by atoms with Crippen LogP contribution in [0.4, 0.5) is 14.9 Å². The van der Waals surface area contributed by atoms with E-state index in [2.05, 4.69) is 10.6 Å². The minimum absolute atomic E-state index is 0.153. The number of nitrogens with zero attached hydrogens (tertiary/aromatic N) is 1. The minimum atomic E-state index is -0.527. The molecule has 114 valence electrons. The molecule has 0 fully saturated rings. The van der Waals surface area contributed by atoms with Gasteiger partial charge in [0.25, 0.3) is 0 Å². The Hall–Kier alpha value is -2.11. The topological polar surface area (TPSA) is 61.4 Å². The summed E-state index contributed by atoms with van der Waals surface area (Å²) >= 11 is 0.